The van der Waals surface area contributed by atoms with E-state index in [1.807, 2.05) is 0 Å². The zero-order valence-electron chi connectivity index (χ0n) is 8.35. The second-order valence-electron chi connectivity index (χ2n) is 3.80. The fourth-order valence-electron chi connectivity index (χ4n) is 1.79. The molecule has 0 bridgehead atoms. The first-order valence-corrected chi connectivity index (χ1v) is 6.77. The van der Waals surface area contributed by atoms with Gasteiger partial charge in [0.1, 0.15) is 16.1 Å². The van der Waals surface area contributed by atoms with E-state index in [1.54, 1.807) is 6.26 Å². The Bertz CT molecular complexity index is 424. The Hall–Kier alpha value is -0.880. The lowest BCUT2D eigenvalue weighted by Crippen LogP contribution is -2.22. The number of oxazole rings is 1. The third-order valence-electron chi connectivity index (χ3n) is 2.72. The summed E-state index contributed by atoms with van der Waals surface area (Å²) in [4.78, 5) is 4.21. The lowest BCUT2D eigenvalue weighted by molar-refractivity contribution is 0.495. The maximum absolute atomic E-state index is 11.2. The lowest BCUT2D eigenvalue weighted by atomic mass is 10.00. The van der Waals surface area contributed by atoms with Gasteiger partial charge in [-0.15, -0.1) is 0 Å². The van der Waals surface area contributed by atoms with E-state index in [-0.39, 0.29) is 24.0 Å². The first-order chi connectivity index (χ1) is 7.11. The molecule has 5 nitrogen and oxygen atoms in total. The van der Waals surface area contributed by atoms with Gasteiger partial charge in [-0.05, 0) is 12.8 Å². The minimum atomic E-state index is -2.81. The average Bonchev–Trinajstić information content (AvgIpc) is 2.66. The monoisotopic (exact) mass is 230 g/mol. The van der Waals surface area contributed by atoms with E-state index in [0.29, 0.717) is 18.7 Å². The van der Waals surface area contributed by atoms with Crippen LogP contribution < -0.4 is 5.73 Å². The van der Waals surface area contributed by atoms with Crippen molar-refractivity contribution in [2.24, 2.45) is 5.73 Å². The minimum absolute atomic E-state index is 0.206. The van der Waals surface area contributed by atoms with Crippen molar-refractivity contribution in [1.82, 2.24) is 4.98 Å². The van der Waals surface area contributed by atoms with Crippen LogP contribution in [0.15, 0.2) is 10.7 Å². The predicted molar refractivity (Wildman–Crippen MR) is 55.0 cm³/mol. The molecule has 1 aromatic rings. The molecule has 1 aliphatic heterocycles. The van der Waals surface area contributed by atoms with Crippen LogP contribution in [0.1, 0.15) is 30.3 Å². The van der Waals surface area contributed by atoms with Crippen molar-refractivity contribution in [1.29, 1.82) is 0 Å². The van der Waals surface area contributed by atoms with Gasteiger partial charge in [-0.1, -0.05) is 0 Å². The second-order valence-corrected chi connectivity index (χ2v) is 6.10. The molecule has 0 radical (unpaired) electrons. The van der Waals surface area contributed by atoms with Gasteiger partial charge in [0.15, 0.2) is 0 Å². The van der Waals surface area contributed by atoms with E-state index in [2.05, 4.69) is 4.98 Å². The van der Waals surface area contributed by atoms with E-state index >= 15 is 0 Å². The van der Waals surface area contributed by atoms with Gasteiger partial charge in [0.2, 0.25) is 5.89 Å². The molecule has 1 fully saturated rings. The summed E-state index contributed by atoms with van der Waals surface area (Å²) in [5.74, 6) is 1.22. The zero-order valence-corrected chi connectivity index (χ0v) is 9.16. The van der Waals surface area contributed by atoms with E-state index in [9.17, 15) is 8.42 Å². The number of nitrogens with zero attached hydrogens (tertiary/aromatic N) is 1. The van der Waals surface area contributed by atoms with Crippen LogP contribution >= 0.6 is 0 Å². The van der Waals surface area contributed by atoms with Crippen molar-refractivity contribution < 1.29 is 12.8 Å². The molecule has 15 heavy (non-hydrogen) atoms. The van der Waals surface area contributed by atoms with Gasteiger partial charge in [-0.25, -0.2) is 13.4 Å². The smallest absolute Gasteiger partial charge is 0.207 e. The first kappa shape index (κ1) is 10.6. The molecule has 1 aliphatic rings. The summed E-state index contributed by atoms with van der Waals surface area (Å²) < 4.78 is 27.6. The molecule has 1 aromatic heterocycles. The van der Waals surface area contributed by atoms with E-state index in [4.69, 9.17) is 10.2 Å². The zero-order chi connectivity index (χ0) is 10.9. The van der Waals surface area contributed by atoms with Gasteiger partial charge in [0.25, 0.3) is 0 Å². The second kappa shape index (κ2) is 3.94. The van der Waals surface area contributed by atoms with Gasteiger partial charge in [-0.3, -0.25) is 0 Å². The maximum Gasteiger partial charge on any atom is 0.207 e. The van der Waals surface area contributed by atoms with Crippen LogP contribution in [0.2, 0.25) is 0 Å². The summed E-state index contributed by atoms with van der Waals surface area (Å²) in [6.07, 6.45) is 2.86. The van der Waals surface area contributed by atoms with Crippen LogP contribution in [0, 0.1) is 0 Å². The Morgan fingerprint density at radius 3 is 2.67 bits per heavy atom. The van der Waals surface area contributed by atoms with E-state index < -0.39 is 9.84 Å². The van der Waals surface area contributed by atoms with Crippen LogP contribution in [-0.4, -0.2) is 24.9 Å². The molecular weight excluding hydrogens is 216 g/mol. The summed E-state index contributed by atoms with van der Waals surface area (Å²) in [6, 6.07) is 0. The summed E-state index contributed by atoms with van der Waals surface area (Å²) in [5, 5.41) is 0. The van der Waals surface area contributed by atoms with Gasteiger partial charge >= 0.3 is 0 Å². The summed E-state index contributed by atoms with van der Waals surface area (Å²) >= 11 is 0. The molecule has 6 heteroatoms. The normalized spacial score (nSPS) is 21.7. The Labute approximate surface area is 88.6 Å². The first-order valence-electron chi connectivity index (χ1n) is 4.95. The highest BCUT2D eigenvalue weighted by molar-refractivity contribution is 7.91. The van der Waals surface area contributed by atoms with Crippen LogP contribution in [0.3, 0.4) is 0 Å². The van der Waals surface area contributed by atoms with Gasteiger partial charge in [0, 0.05) is 5.92 Å². The highest BCUT2D eigenvalue weighted by atomic mass is 32.2. The summed E-state index contributed by atoms with van der Waals surface area (Å²) in [5.41, 5.74) is 6.22. The summed E-state index contributed by atoms with van der Waals surface area (Å²) in [7, 11) is -2.81. The number of sulfone groups is 1. The molecule has 0 atom stereocenters. The number of nitrogens with two attached hydrogens (primary N) is 1. The Morgan fingerprint density at radius 2 is 2.13 bits per heavy atom. The number of aromatic nitrogens is 1. The molecule has 1 saturated heterocycles. The standard InChI is InChI=1S/C9H14N2O3S/c10-5-9-11-8(6-14-9)7-1-3-15(12,13)4-2-7/h6-7H,1-5,10H2. The molecule has 0 unspecified atom stereocenters. The molecule has 2 rings (SSSR count). The van der Waals surface area contributed by atoms with Crippen LogP contribution in [-0.2, 0) is 16.4 Å². The molecule has 0 saturated carbocycles. The maximum atomic E-state index is 11.2. The topological polar surface area (TPSA) is 86.2 Å². The average molecular weight is 230 g/mol. The van der Waals surface area contributed by atoms with E-state index in [1.165, 1.54) is 0 Å². The molecule has 0 amide bonds. The summed E-state index contributed by atoms with van der Waals surface area (Å²) in [6.45, 7) is 0.283. The Morgan fingerprint density at radius 1 is 1.47 bits per heavy atom. The van der Waals surface area contributed by atoms with Crippen molar-refractivity contribution in [3.8, 4) is 0 Å². The molecule has 2 heterocycles. The molecular formula is C9H14N2O3S. The SMILES string of the molecule is NCc1nc(C2CCS(=O)(=O)CC2)co1. The lowest BCUT2D eigenvalue weighted by Gasteiger charge is -2.19. The largest absolute Gasteiger partial charge is 0.447 e. The quantitative estimate of drug-likeness (QED) is 0.796. The third kappa shape index (κ3) is 2.38. The molecule has 0 aliphatic carbocycles. The van der Waals surface area contributed by atoms with Crippen LogP contribution in [0.4, 0.5) is 0 Å². The van der Waals surface area contributed by atoms with Gasteiger partial charge in [0.05, 0.1) is 23.7 Å². The molecule has 2 N–H and O–H groups in total. The van der Waals surface area contributed by atoms with Crippen LogP contribution in [0.5, 0.6) is 0 Å². The fourth-order valence-corrected chi connectivity index (χ4v) is 3.28. The highest BCUT2D eigenvalue weighted by Crippen LogP contribution is 2.28. The fraction of sp³-hybridized carbons (Fsp3) is 0.667. The predicted octanol–water partition coefficient (Wildman–Crippen LogP) is 0.425. The number of hydrogen-bond donors (Lipinski definition) is 1. The van der Waals surface area contributed by atoms with Crippen molar-refractivity contribution >= 4 is 9.84 Å². The van der Waals surface area contributed by atoms with Gasteiger partial charge in [-0.2, -0.15) is 0 Å². The molecule has 0 aromatic carbocycles. The number of hydrogen-bond acceptors (Lipinski definition) is 5. The van der Waals surface area contributed by atoms with Gasteiger partial charge < -0.3 is 10.2 Å². The Kier molecular flexibility index (Phi) is 2.79. The Balaban J connectivity index is 2.07. The van der Waals surface area contributed by atoms with Crippen molar-refractivity contribution in [3.05, 3.63) is 17.8 Å². The van der Waals surface area contributed by atoms with E-state index in [0.717, 1.165) is 5.69 Å². The van der Waals surface area contributed by atoms with Crippen molar-refractivity contribution in [3.63, 3.8) is 0 Å². The minimum Gasteiger partial charge on any atom is -0.447 e. The van der Waals surface area contributed by atoms with Crippen LogP contribution in [0.25, 0.3) is 0 Å². The molecule has 0 spiro atoms. The highest BCUT2D eigenvalue weighted by Gasteiger charge is 2.26. The van der Waals surface area contributed by atoms with Crippen molar-refractivity contribution in [2.45, 2.75) is 25.3 Å². The third-order valence-corrected chi connectivity index (χ3v) is 4.43. The number of rotatable bonds is 2. The van der Waals surface area contributed by atoms with Crippen molar-refractivity contribution in [2.75, 3.05) is 11.5 Å². The molecule has 84 valence electrons.